The van der Waals surface area contributed by atoms with Crippen LogP contribution < -0.4 is 20.7 Å². The molecule has 0 amide bonds. The van der Waals surface area contributed by atoms with Crippen molar-refractivity contribution in [2.24, 2.45) is 0 Å². The van der Waals surface area contributed by atoms with Crippen LogP contribution in [0.15, 0.2) is 66.7 Å². The highest BCUT2D eigenvalue weighted by Gasteiger charge is 2.41. The first kappa shape index (κ1) is 21.1. The molecular weight excluding hydrogens is 392 g/mol. The van der Waals surface area contributed by atoms with Crippen molar-refractivity contribution in [2.45, 2.75) is 40.4 Å². The third-order valence-corrected chi connectivity index (χ3v) is 13.7. The van der Waals surface area contributed by atoms with Crippen LogP contribution in [0.25, 0.3) is 0 Å². The molecule has 0 heterocycles. The van der Waals surface area contributed by atoms with Gasteiger partial charge in [-0.25, -0.2) is 0 Å². The molecule has 0 aliphatic carbocycles. The average Bonchev–Trinajstić information content (AvgIpc) is 2.64. The van der Waals surface area contributed by atoms with Gasteiger partial charge in [0.05, 0.1) is 8.07 Å². The number of hydrogen-bond donors (Lipinski definition) is 0. The first-order valence-electron chi connectivity index (χ1n) is 10.0. The lowest BCUT2D eigenvalue weighted by atomic mass is 10.2. The lowest BCUT2D eigenvalue weighted by Crippen LogP contribution is -2.71. The maximum absolute atomic E-state index is 6.96. The first-order valence-corrected chi connectivity index (χ1v) is 16.2. The van der Waals surface area contributed by atoms with E-state index in [1.54, 1.807) is 0 Å². The molecule has 0 saturated heterocycles. The van der Waals surface area contributed by atoms with Crippen molar-refractivity contribution < 1.29 is 0 Å². The van der Waals surface area contributed by atoms with Gasteiger partial charge in [0, 0.05) is 5.50 Å². The van der Waals surface area contributed by atoms with E-state index >= 15 is 0 Å². The molecule has 28 heavy (non-hydrogen) atoms. The summed E-state index contributed by atoms with van der Waals surface area (Å²) in [5.74, 6) is 0. The van der Waals surface area contributed by atoms with Gasteiger partial charge in [-0.15, -0.1) is 11.6 Å². The number of aryl methyl sites for hydroxylation is 3. The standard InChI is InChI=1S/C25H31ClSi2/c1-19-15-23(27(4,5)6)17-24(16-19)28(18-26,22-13-8-7-9-14-22)25-20(2)11-10-12-21(25)3/h7-17H,18H2,1-6H3. The number of halogens is 1. The van der Waals surface area contributed by atoms with Crippen LogP contribution in [0.3, 0.4) is 0 Å². The smallest absolute Gasteiger partial charge is 0.129 e. The van der Waals surface area contributed by atoms with Crippen LogP contribution in [-0.2, 0) is 0 Å². The molecule has 0 spiro atoms. The maximum Gasteiger partial charge on any atom is 0.163 e. The van der Waals surface area contributed by atoms with Crippen molar-refractivity contribution in [1.29, 1.82) is 0 Å². The van der Waals surface area contributed by atoms with Crippen molar-refractivity contribution in [3.63, 3.8) is 0 Å². The van der Waals surface area contributed by atoms with E-state index in [0.29, 0.717) is 5.50 Å². The molecule has 0 aliphatic heterocycles. The number of benzene rings is 3. The van der Waals surface area contributed by atoms with Crippen LogP contribution in [0.1, 0.15) is 16.7 Å². The number of alkyl halides is 1. The lowest BCUT2D eigenvalue weighted by Gasteiger charge is -2.35. The second-order valence-corrected chi connectivity index (χ2v) is 18.6. The third-order valence-electron chi connectivity index (χ3n) is 5.81. The second-order valence-electron chi connectivity index (χ2n) is 9.01. The van der Waals surface area contributed by atoms with Gasteiger partial charge in [0.2, 0.25) is 0 Å². The Morgan fingerprint density at radius 3 is 1.79 bits per heavy atom. The molecule has 0 fully saturated rings. The first-order chi connectivity index (χ1) is 13.2. The largest absolute Gasteiger partial charge is 0.163 e. The highest BCUT2D eigenvalue weighted by Crippen LogP contribution is 2.16. The molecule has 0 bridgehead atoms. The molecule has 3 heteroatoms. The summed E-state index contributed by atoms with van der Waals surface area (Å²) < 4.78 is 0. The van der Waals surface area contributed by atoms with Crippen LogP contribution in [0.5, 0.6) is 0 Å². The molecule has 1 unspecified atom stereocenters. The van der Waals surface area contributed by atoms with E-state index in [-0.39, 0.29) is 0 Å². The molecule has 1 atom stereocenters. The zero-order chi connectivity index (χ0) is 20.5. The highest BCUT2D eigenvalue weighted by atomic mass is 35.5. The summed E-state index contributed by atoms with van der Waals surface area (Å²) in [6.07, 6.45) is 0. The summed E-state index contributed by atoms with van der Waals surface area (Å²) in [6, 6.07) is 24.9. The molecule has 0 saturated carbocycles. The van der Waals surface area contributed by atoms with E-state index in [2.05, 4.69) is 107 Å². The van der Waals surface area contributed by atoms with Gasteiger partial charge in [-0.1, -0.05) is 108 Å². The van der Waals surface area contributed by atoms with E-state index in [0.717, 1.165) is 0 Å². The fraction of sp³-hybridized carbons (Fsp3) is 0.280. The van der Waals surface area contributed by atoms with E-state index in [9.17, 15) is 0 Å². The summed E-state index contributed by atoms with van der Waals surface area (Å²) in [5.41, 5.74) is 4.70. The molecule has 146 valence electrons. The van der Waals surface area contributed by atoms with Gasteiger partial charge in [0.1, 0.15) is 0 Å². The predicted octanol–water partition coefficient (Wildman–Crippen LogP) is 4.41. The Bertz CT molecular complexity index is 953. The normalized spacial score (nSPS) is 14.0. The van der Waals surface area contributed by atoms with Gasteiger partial charge in [0.25, 0.3) is 0 Å². The highest BCUT2D eigenvalue weighted by molar-refractivity contribution is 7.14. The van der Waals surface area contributed by atoms with Gasteiger partial charge < -0.3 is 0 Å². The summed E-state index contributed by atoms with van der Waals surface area (Å²) in [7, 11) is -3.78. The number of rotatable bonds is 5. The maximum atomic E-state index is 6.96. The Balaban J connectivity index is 2.44. The SMILES string of the molecule is Cc1cc([Si](C)(C)C)cc([Si](CCl)(c2ccccc2)c2c(C)cccc2C)c1. The van der Waals surface area contributed by atoms with Gasteiger partial charge >= 0.3 is 0 Å². The minimum Gasteiger partial charge on any atom is -0.129 e. The minimum absolute atomic E-state index is 0.650. The summed E-state index contributed by atoms with van der Waals surface area (Å²) in [6.45, 7) is 14.0. The van der Waals surface area contributed by atoms with Crippen molar-refractivity contribution in [2.75, 3.05) is 5.50 Å². The molecule has 3 rings (SSSR count). The minimum atomic E-state index is -2.34. The monoisotopic (exact) mass is 422 g/mol. The van der Waals surface area contributed by atoms with Crippen molar-refractivity contribution >= 4 is 48.5 Å². The quantitative estimate of drug-likeness (QED) is 0.324. The second kappa shape index (κ2) is 8.02. The van der Waals surface area contributed by atoms with E-state index in [4.69, 9.17) is 11.6 Å². The zero-order valence-electron chi connectivity index (χ0n) is 17.9. The van der Waals surface area contributed by atoms with E-state index < -0.39 is 16.1 Å². The molecule has 0 nitrogen and oxygen atoms in total. The van der Waals surface area contributed by atoms with E-state index in [1.807, 2.05) is 0 Å². The Hall–Kier alpha value is -1.62. The van der Waals surface area contributed by atoms with Crippen molar-refractivity contribution in [3.8, 4) is 0 Å². The van der Waals surface area contributed by atoms with E-state index in [1.165, 1.54) is 37.4 Å². The average molecular weight is 423 g/mol. The Morgan fingerprint density at radius 2 is 1.25 bits per heavy atom. The van der Waals surface area contributed by atoms with Gasteiger partial charge in [0.15, 0.2) is 8.07 Å². The van der Waals surface area contributed by atoms with Crippen LogP contribution >= 0.6 is 11.6 Å². The summed E-state index contributed by atoms with van der Waals surface area (Å²) >= 11 is 6.96. The third kappa shape index (κ3) is 3.78. The Morgan fingerprint density at radius 1 is 0.679 bits per heavy atom. The van der Waals surface area contributed by atoms with Crippen LogP contribution in [0.4, 0.5) is 0 Å². The fourth-order valence-electron chi connectivity index (χ4n) is 4.35. The molecular formula is C25H31ClSi2. The van der Waals surface area contributed by atoms with Gasteiger partial charge in [-0.3, -0.25) is 0 Å². The zero-order valence-corrected chi connectivity index (χ0v) is 20.7. The molecule has 0 aromatic heterocycles. The summed E-state index contributed by atoms with van der Waals surface area (Å²) in [5, 5.41) is 5.84. The molecule has 3 aromatic carbocycles. The van der Waals surface area contributed by atoms with Crippen LogP contribution in [0.2, 0.25) is 19.6 Å². The topological polar surface area (TPSA) is 0 Å². The number of hydrogen-bond acceptors (Lipinski definition) is 0. The predicted molar refractivity (Wildman–Crippen MR) is 132 cm³/mol. The summed E-state index contributed by atoms with van der Waals surface area (Å²) in [4.78, 5) is 0. The van der Waals surface area contributed by atoms with Crippen LogP contribution in [-0.4, -0.2) is 21.7 Å². The molecule has 0 N–H and O–H groups in total. The van der Waals surface area contributed by atoms with Crippen LogP contribution in [0, 0.1) is 20.8 Å². The van der Waals surface area contributed by atoms with Crippen molar-refractivity contribution in [1.82, 2.24) is 0 Å². The Labute approximate surface area is 177 Å². The fourth-order valence-corrected chi connectivity index (χ4v) is 11.6. The molecule has 0 radical (unpaired) electrons. The van der Waals surface area contributed by atoms with Gasteiger partial charge in [-0.05, 0) is 36.3 Å². The lowest BCUT2D eigenvalue weighted by molar-refractivity contribution is 1.41. The molecule has 0 aliphatic rings. The van der Waals surface area contributed by atoms with Gasteiger partial charge in [-0.2, -0.15) is 0 Å². The Kier molecular flexibility index (Phi) is 6.04. The molecule has 3 aromatic rings. The van der Waals surface area contributed by atoms with Crippen molar-refractivity contribution in [3.05, 3.63) is 83.4 Å².